The van der Waals surface area contributed by atoms with Crippen LogP contribution in [0.3, 0.4) is 0 Å². The normalized spacial score (nSPS) is 12.5. The monoisotopic (exact) mass is 295 g/mol. The van der Waals surface area contributed by atoms with Crippen LogP contribution in [0, 0.1) is 13.8 Å². The fourth-order valence-electron chi connectivity index (χ4n) is 2.53. The number of hydrogen-bond donors (Lipinski definition) is 1. The SMILES string of the molecule is CNCc1c(C)cc(C)nc1N(CCOC)C(C)COC. The third-order valence-corrected chi connectivity index (χ3v) is 3.56. The molecule has 0 amide bonds. The maximum atomic E-state index is 5.32. The number of rotatable bonds is 9. The van der Waals surface area contributed by atoms with Crippen LogP contribution in [0.2, 0.25) is 0 Å². The van der Waals surface area contributed by atoms with Gasteiger partial charge in [0, 0.05) is 38.6 Å². The number of nitrogens with one attached hydrogen (secondary N) is 1. The van der Waals surface area contributed by atoms with Gasteiger partial charge in [-0.15, -0.1) is 0 Å². The molecule has 5 heteroatoms. The van der Waals surface area contributed by atoms with Gasteiger partial charge in [-0.3, -0.25) is 0 Å². The standard InChI is InChI=1S/C16H29N3O2/c1-12-9-13(2)18-16(15(12)10-17-4)19(7-8-20-5)14(3)11-21-6/h9,14,17H,7-8,10-11H2,1-6H3. The van der Waals surface area contributed by atoms with Crippen molar-refractivity contribution in [2.24, 2.45) is 0 Å². The second-order valence-electron chi connectivity index (χ2n) is 5.40. The number of methoxy groups -OCH3 is 2. The summed E-state index contributed by atoms with van der Waals surface area (Å²) in [6.45, 7) is 9.27. The van der Waals surface area contributed by atoms with Crippen LogP contribution < -0.4 is 10.2 Å². The number of aryl methyl sites for hydroxylation is 2. The van der Waals surface area contributed by atoms with E-state index in [1.165, 1.54) is 11.1 Å². The molecule has 1 aromatic heterocycles. The maximum absolute atomic E-state index is 5.32. The summed E-state index contributed by atoms with van der Waals surface area (Å²) in [5.41, 5.74) is 3.54. The van der Waals surface area contributed by atoms with E-state index in [1.54, 1.807) is 14.2 Å². The number of aromatic nitrogens is 1. The molecule has 21 heavy (non-hydrogen) atoms. The lowest BCUT2D eigenvalue weighted by Crippen LogP contribution is -2.40. The van der Waals surface area contributed by atoms with Crippen molar-refractivity contribution < 1.29 is 9.47 Å². The molecule has 1 atom stereocenters. The Bertz CT molecular complexity index is 438. The van der Waals surface area contributed by atoms with Gasteiger partial charge in [-0.25, -0.2) is 4.98 Å². The molecule has 0 bridgehead atoms. The highest BCUT2D eigenvalue weighted by atomic mass is 16.5. The van der Waals surface area contributed by atoms with Crippen LogP contribution in [0.4, 0.5) is 5.82 Å². The van der Waals surface area contributed by atoms with Gasteiger partial charge in [0.25, 0.3) is 0 Å². The number of pyridine rings is 1. The van der Waals surface area contributed by atoms with E-state index in [0.29, 0.717) is 13.2 Å². The molecule has 0 fully saturated rings. The Kier molecular flexibility index (Phi) is 7.64. The summed E-state index contributed by atoms with van der Waals surface area (Å²) in [4.78, 5) is 7.06. The van der Waals surface area contributed by atoms with E-state index in [4.69, 9.17) is 14.5 Å². The fraction of sp³-hybridized carbons (Fsp3) is 0.688. The van der Waals surface area contributed by atoms with Crippen LogP contribution in [0.15, 0.2) is 6.07 Å². The van der Waals surface area contributed by atoms with E-state index in [1.807, 2.05) is 14.0 Å². The lowest BCUT2D eigenvalue weighted by atomic mass is 10.1. The van der Waals surface area contributed by atoms with Gasteiger partial charge in [0.2, 0.25) is 0 Å². The molecule has 0 aliphatic carbocycles. The summed E-state index contributed by atoms with van der Waals surface area (Å²) in [6.07, 6.45) is 0. The summed E-state index contributed by atoms with van der Waals surface area (Å²) in [6, 6.07) is 2.38. The van der Waals surface area contributed by atoms with Crippen molar-refractivity contribution in [1.29, 1.82) is 0 Å². The van der Waals surface area contributed by atoms with Crippen molar-refractivity contribution in [2.45, 2.75) is 33.4 Å². The Morgan fingerprint density at radius 1 is 1.29 bits per heavy atom. The van der Waals surface area contributed by atoms with E-state index in [9.17, 15) is 0 Å². The molecular weight excluding hydrogens is 266 g/mol. The zero-order chi connectivity index (χ0) is 15.8. The Balaban J connectivity index is 3.20. The molecule has 0 aliphatic rings. The molecule has 1 N–H and O–H groups in total. The van der Waals surface area contributed by atoms with Crippen molar-refractivity contribution in [1.82, 2.24) is 10.3 Å². The van der Waals surface area contributed by atoms with Crippen molar-refractivity contribution in [3.05, 3.63) is 22.9 Å². The molecule has 1 aromatic rings. The topological polar surface area (TPSA) is 46.6 Å². The highest BCUT2D eigenvalue weighted by Crippen LogP contribution is 2.24. The van der Waals surface area contributed by atoms with Gasteiger partial charge in [0.05, 0.1) is 19.3 Å². The number of nitrogens with zero attached hydrogens (tertiary/aromatic N) is 2. The quantitative estimate of drug-likeness (QED) is 0.754. The summed E-state index contributed by atoms with van der Waals surface area (Å²) in [5, 5.41) is 3.24. The van der Waals surface area contributed by atoms with E-state index >= 15 is 0 Å². The first-order chi connectivity index (χ1) is 10.0. The van der Waals surface area contributed by atoms with Crippen molar-refractivity contribution >= 4 is 5.82 Å². The molecule has 5 nitrogen and oxygen atoms in total. The molecule has 0 spiro atoms. The molecule has 1 unspecified atom stereocenters. The smallest absolute Gasteiger partial charge is 0.134 e. The summed E-state index contributed by atoms with van der Waals surface area (Å²) in [7, 11) is 5.41. The van der Waals surface area contributed by atoms with Crippen molar-refractivity contribution in [2.75, 3.05) is 45.9 Å². The molecule has 120 valence electrons. The van der Waals surface area contributed by atoms with Crippen molar-refractivity contribution in [3.8, 4) is 0 Å². The summed E-state index contributed by atoms with van der Waals surface area (Å²) >= 11 is 0. The Labute approximate surface area is 128 Å². The highest BCUT2D eigenvalue weighted by Gasteiger charge is 2.20. The Morgan fingerprint density at radius 3 is 2.57 bits per heavy atom. The van der Waals surface area contributed by atoms with Gasteiger partial charge in [-0.05, 0) is 39.4 Å². The molecule has 1 rings (SSSR count). The predicted octanol–water partition coefficient (Wildman–Crippen LogP) is 1.91. The number of anilines is 1. The molecule has 0 saturated carbocycles. The van der Waals surface area contributed by atoms with Crippen LogP contribution in [0.1, 0.15) is 23.7 Å². The first kappa shape index (κ1) is 17.9. The van der Waals surface area contributed by atoms with Crippen LogP contribution in [-0.4, -0.2) is 52.1 Å². The molecular formula is C16H29N3O2. The molecule has 1 heterocycles. The molecule has 0 aliphatic heterocycles. The summed E-state index contributed by atoms with van der Waals surface area (Å²) < 4.78 is 10.6. The third kappa shape index (κ3) is 4.95. The first-order valence-electron chi connectivity index (χ1n) is 7.41. The third-order valence-electron chi connectivity index (χ3n) is 3.56. The second kappa shape index (κ2) is 8.97. The van der Waals surface area contributed by atoms with Gasteiger partial charge in [-0.2, -0.15) is 0 Å². The first-order valence-corrected chi connectivity index (χ1v) is 7.41. The Morgan fingerprint density at radius 2 is 2.00 bits per heavy atom. The number of ether oxygens (including phenoxy) is 2. The van der Waals surface area contributed by atoms with Gasteiger partial charge in [0.15, 0.2) is 0 Å². The Hall–Kier alpha value is -1.17. The summed E-state index contributed by atoms with van der Waals surface area (Å²) in [5.74, 6) is 1.03. The average Bonchev–Trinajstić information content (AvgIpc) is 2.43. The maximum Gasteiger partial charge on any atom is 0.134 e. The van der Waals surface area contributed by atoms with Crippen LogP contribution >= 0.6 is 0 Å². The fourth-order valence-corrected chi connectivity index (χ4v) is 2.53. The largest absolute Gasteiger partial charge is 0.383 e. The predicted molar refractivity (Wildman–Crippen MR) is 87.0 cm³/mol. The zero-order valence-electron chi connectivity index (χ0n) is 14.2. The highest BCUT2D eigenvalue weighted by molar-refractivity contribution is 5.52. The number of hydrogen-bond acceptors (Lipinski definition) is 5. The van der Waals surface area contributed by atoms with Gasteiger partial charge >= 0.3 is 0 Å². The lowest BCUT2D eigenvalue weighted by molar-refractivity contribution is 0.170. The second-order valence-corrected chi connectivity index (χ2v) is 5.40. The van der Waals surface area contributed by atoms with E-state index in [2.05, 4.69) is 30.1 Å². The molecule has 0 aromatic carbocycles. The van der Waals surface area contributed by atoms with Crippen molar-refractivity contribution in [3.63, 3.8) is 0 Å². The van der Waals surface area contributed by atoms with Gasteiger partial charge in [-0.1, -0.05) is 0 Å². The zero-order valence-corrected chi connectivity index (χ0v) is 14.2. The molecule has 0 saturated heterocycles. The van der Waals surface area contributed by atoms with Gasteiger partial charge in [0.1, 0.15) is 5.82 Å². The molecule has 0 radical (unpaired) electrons. The van der Waals surface area contributed by atoms with Crippen LogP contribution in [0.5, 0.6) is 0 Å². The lowest BCUT2D eigenvalue weighted by Gasteiger charge is -2.32. The minimum absolute atomic E-state index is 0.245. The van der Waals surface area contributed by atoms with Crippen LogP contribution in [0.25, 0.3) is 0 Å². The van der Waals surface area contributed by atoms with Gasteiger partial charge < -0.3 is 19.7 Å². The van der Waals surface area contributed by atoms with E-state index < -0.39 is 0 Å². The van der Waals surface area contributed by atoms with E-state index in [0.717, 1.165) is 24.6 Å². The van der Waals surface area contributed by atoms with E-state index in [-0.39, 0.29) is 6.04 Å². The minimum atomic E-state index is 0.245. The average molecular weight is 295 g/mol. The minimum Gasteiger partial charge on any atom is -0.383 e. The van der Waals surface area contributed by atoms with Crippen LogP contribution in [-0.2, 0) is 16.0 Å².